The zero-order valence-electron chi connectivity index (χ0n) is 16.6. The molecule has 4 aliphatic carbocycles. The maximum absolute atomic E-state index is 7.19. The van der Waals surface area contributed by atoms with Crippen molar-refractivity contribution < 1.29 is 4.12 Å². The summed E-state index contributed by atoms with van der Waals surface area (Å²) in [5.41, 5.74) is 7.41. The highest BCUT2D eigenvalue weighted by molar-refractivity contribution is 6.89. The molecule has 25 heavy (non-hydrogen) atoms. The van der Waals surface area contributed by atoms with Gasteiger partial charge in [-0.2, -0.15) is 0 Å². The summed E-state index contributed by atoms with van der Waals surface area (Å²) in [7, 11) is -3.58. The predicted molar refractivity (Wildman–Crippen MR) is 113 cm³/mol. The Morgan fingerprint density at radius 2 is 1.64 bits per heavy atom. The van der Waals surface area contributed by atoms with Crippen LogP contribution in [0, 0.1) is 0 Å². The van der Waals surface area contributed by atoms with Gasteiger partial charge in [0.2, 0.25) is 8.32 Å². The Hall–Kier alpha value is -0.646. The molecule has 0 radical (unpaired) electrons. The van der Waals surface area contributed by atoms with Gasteiger partial charge in [0, 0.05) is 5.54 Å². The lowest BCUT2D eigenvalue weighted by atomic mass is 9.92. The number of fused-ring (bicyclic) bond motifs is 1. The van der Waals surface area contributed by atoms with E-state index in [4.69, 9.17) is 4.12 Å². The molecule has 0 aromatic rings. The van der Waals surface area contributed by atoms with Crippen LogP contribution in [-0.2, 0) is 4.12 Å². The van der Waals surface area contributed by atoms with E-state index in [0.29, 0.717) is 5.54 Å². The number of allylic oxidation sites excluding steroid dienone is 8. The minimum Gasteiger partial charge on any atom is -0.452 e. The Labute approximate surface area is 156 Å². The van der Waals surface area contributed by atoms with Gasteiger partial charge in [-0.3, -0.25) is 0 Å². The minimum atomic E-state index is -1.81. The fourth-order valence-corrected chi connectivity index (χ4v) is 15.3. The highest BCUT2D eigenvalue weighted by Gasteiger charge is 2.44. The van der Waals surface area contributed by atoms with E-state index in [1.54, 1.807) is 27.5 Å². The molecule has 0 aromatic carbocycles. The first-order chi connectivity index (χ1) is 11.9. The van der Waals surface area contributed by atoms with Crippen LogP contribution < -0.4 is 0 Å². The zero-order valence-corrected chi connectivity index (χ0v) is 18.6. The van der Waals surface area contributed by atoms with Crippen LogP contribution in [0.2, 0.25) is 31.7 Å². The second-order valence-corrected chi connectivity index (χ2v) is 17.7. The molecule has 0 bridgehead atoms. The first-order valence-corrected chi connectivity index (χ1v) is 16.3. The molecule has 1 saturated carbocycles. The van der Waals surface area contributed by atoms with Crippen LogP contribution in [0.3, 0.4) is 0 Å². The minimum absolute atomic E-state index is 0.625. The van der Waals surface area contributed by atoms with Gasteiger partial charge in [0.25, 0.3) is 0 Å². The quantitative estimate of drug-likeness (QED) is 0.486. The van der Waals surface area contributed by atoms with E-state index in [-0.39, 0.29) is 0 Å². The lowest BCUT2D eigenvalue weighted by Gasteiger charge is -2.40. The van der Waals surface area contributed by atoms with Crippen molar-refractivity contribution in [3.63, 3.8) is 0 Å². The number of hydrogen-bond donors (Lipinski definition) is 0. The molecule has 1 nitrogen and oxygen atoms in total. The van der Waals surface area contributed by atoms with Crippen LogP contribution in [0.25, 0.3) is 0 Å². The smallest absolute Gasteiger partial charge is 0.202 e. The van der Waals surface area contributed by atoms with Gasteiger partial charge in [0.15, 0.2) is 8.32 Å². The molecule has 1 atom stereocenters. The summed E-state index contributed by atoms with van der Waals surface area (Å²) in [5.74, 6) is 0. The highest BCUT2D eigenvalue weighted by Crippen LogP contribution is 2.47. The molecule has 1 fully saturated rings. The lowest BCUT2D eigenvalue weighted by molar-refractivity contribution is 0.537. The fourth-order valence-electron chi connectivity index (χ4n) is 5.72. The predicted octanol–water partition coefficient (Wildman–Crippen LogP) is 6.96. The van der Waals surface area contributed by atoms with Crippen LogP contribution >= 0.6 is 0 Å². The van der Waals surface area contributed by atoms with Crippen molar-refractivity contribution in [3.05, 3.63) is 45.7 Å². The summed E-state index contributed by atoms with van der Waals surface area (Å²) in [6, 6.07) is 0. The van der Waals surface area contributed by atoms with E-state index in [1.165, 1.54) is 57.8 Å². The van der Waals surface area contributed by atoms with Gasteiger partial charge in [0.05, 0.1) is 0 Å². The molecule has 0 aliphatic heterocycles. The highest BCUT2D eigenvalue weighted by atomic mass is 28.4. The zero-order chi connectivity index (χ0) is 17.7. The van der Waals surface area contributed by atoms with E-state index in [2.05, 4.69) is 44.4 Å². The molecular weight excluding hydrogens is 336 g/mol. The Kier molecular flexibility index (Phi) is 4.62. The van der Waals surface area contributed by atoms with Gasteiger partial charge >= 0.3 is 0 Å². The van der Waals surface area contributed by atoms with Gasteiger partial charge < -0.3 is 4.12 Å². The number of hydrogen-bond acceptors (Lipinski definition) is 1. The molecule has 0 spiro atoms. The van der Waals surface area contributed by atoms with Crippen molar-refractivity contribution in [2.45, 2.75) is 89.5 Å². The number of rotatable bonds is 4. The third-order valence-corrected chi connectivity index (χ3v) is 15.0. The molecule has 4 rings (SSSR count). The van der Waals surface area contributed by atoms with Crippen LogP contribution in [0.15, 0.2) is 45.7 Å². The SMILES string of the molecule is C[Si](C)(O[Si](C)(C)C1C=CC2=C1CCCC2)C1=C2CCCCC2=CC1. The maximum atomic E-state index is 7.19. The Balaban J connectivity index is 1.56. The van der Waals surface area contributed by atoms with Crippen molar-refractivity contribution in [3.8, 4) is 0 Å². The second-order valence-electron chi connectivity index (χ2n) is 9.41. The van der Waals surface area contributed by atoms with Crippen LogP contribution in [0.1, 0.15) is 57.8 Å². The fraction of sp³-hybridized carbons (Fsp3) is 0.636. The lowest BCUT2D eigenvalue weighted by Crippen LogP contribution is -2.48. The van der Waals surface area contributed by atoms with E-state index < -0.39 is 16.6 Å². The molecule has 3 heteroatoms. The van der Waals surface area contributed by atoms with Crippen molar-refractivity contribution in [1.82, 2.24) is 0 Å². The molecule has 0 amide bonds. The average Bonchev–Trinajstić information content (AvgIpc) is 3.18. The van der Waals surface area contributed by atoms with Gasteiger partial charge in [-0.15, -0.1) is 0 Å². The van der Waals surface area contributed by atoms with Crippen molar-refractivity contribution in [2.75, 3.05) is 0 Å². The molecule has 0 heterocycles. The van der Waals surface area contributed by atoms with Crippen LogP contribution in [0.4, 0.5) is 0 Å². The maximum Gasteiger partial charge on any atom is 0.202 e. The monoisotopic (exact) mass is 370 g/mol. The first-order valence-electron chi connectivity index (χ1n) is 10.4. The normalized spacial score (nSPS) is 26.9. The summed E-state index contributed by atoms with van der Waals surface area (Å²) in [4.78, 5) is 0. The molecule has 0 saturated heterocycles. The molecule has 0 aromatic heterocycles. The summed E-state index contributed by atoms with van der Waals surface area (Å²) in [6.07, 6.45) is 19.4. The van der Waals surface area contributed by atoms with Gasteiger partial charge in [-0.05, 0) is 106 Å². The Bertz CT molecular complexity index is 691. The molecule has 0 N–H and O–H groups in total. The summed E-state index contributed by atoms with van der Waals surface area (Å²) >= 11 is 0. The molecule has 136 valence electrons. The average molecular weight is 371 g/mol. The van der Waals surface area contributed by atoms with Gasteiger partial charge in [-0.1, -0.05) is 23.8 Å². The van der Waals surface area contributed by atoms with Crippen LogP contribution in [0.5, 0.6) is 0 Å². The Morgan fingerprint density at radius 3 is 2.48 bits per heavy atom. The third kappa shape index (κ3) is 3.24. The van der Waals surface area contributed by atoms with E-state index in [9.17, 15) is 0 Å². The van der Waals surface area contributed by atoms with E-state index in [0.717, 1.165) is 0 Å². The largest absolute Gasteiger partial charge is 0.452 e. The van der Waals surface area contributed by atoms with Gasteiger partial charge in [-0.25, -0.2) is 0 Å². The molecule has 1 unspecified atom stereocenters. The van der Waals surface area contributed by atoms with Gasteiger partial charge in [0.1, 0.15) is 0 Å². The van der Waals surface area contributed by atoms with E-state index >= 15 is 0 Å². The van der Waals surface area contributed by atoms with Crippen molar-refractivity contribution in [2.24, 2.45) is 0 Å². The van der Waals surface area contributed by atoms with Crippen molar-refractivity contribution >= 4 is 16.6 Å². The molecule has 4 aliphatic rings. The molecular formula is C22H34OSi2. The van der Waals surface area contributed by atoms with E-state index in [1.807, 2.05) is 0 Å². The Morgan fingerprint density at radius 1 is 0.920 bits per heavy atom. The standard InChI is InChI=1S/C22H34OSi2/c1-24(2,21-15-13-17-9-5-7-11-19(17)21)23-25(3,4)22-16-14-18-10-6-8-12-20(18)22/h13-15,21H,5-12,16H2,1-4H3. The summed E-state index contributed by atoms with van der Waals surface area (Å²) < 4.78 is 7.19. The van der Waals surface area contributed by atoms with Crippen LogP contribution in [-0.4, -0.2) is 16.6 Å². The first kappa shape index (κ1) is 17.8. The summed E-state index contributed by atoms with van der Waals surface area (Å²) in [5, 5.41) is 1.72. The topological polar surface area (TPSA) is 9.23 Å². The summed E-state index contributed by atoms with van der Waals surface area (Å²) in [6.45, 7) is 9.92. The van der Waals surface area contributed by atoms with Crippen molar-refractivity contribution in [1.29, 1.82) is 0 Å². The third-order valence-electron chi connectivity index (χ3n) is 6.84. The second kappa shape index (κ2) is 6.51.